The maximum atomic E-state index is 13.7. The zero-order valence-corrected chi connectivity index (χ0v) is 10.7. The third kappa shape index (κ3) is 2.77. The normalized spacial score (nSPS) is 21.8. The van der Waals surface area contributed by atoms with Crippen molar-refractivity contribution in [2.75, 3.05) is 5.32 Å². The van der Waals surface area contributed by atoms with Gasteiger partial charge in [-0.15, -0.1) is 0 Å². The number of hydrogen-bond donors (Lipinski definition) is 2. The third-order valence-electron chi connectivity index (χ3n) is 3.12. The van der Waals surface area contributed by atoms with Gasteiger partial charge in [-0.3, -0.25) is 4.79 Å². The summed E-state index contributed by atoms with van der Waals surface area (Å²) < 4.78 is 32.2. The van der Waals surface area contributed by atoms with E-state index >= 15 is 0 Å². The van der Waals surface area contributed by atoms with Gasteiger partial charge < -0.3 is 15.2 Å². The highest BCUT2D eigenvalue weighted by atomic mass is 19.1. The molecular weight excluding hydrogens is 272 g/mol. The van der Waals surface area contributed by atoms with E-state index in [1.165, 1.54) is 13.0 Å². The lowest BCUT2D eigenvalue weighted by atomic mass is 10.1. The standard InChI is InChI=1S/C13H13F2NO4/c1-6-2-3-7(14)11(10(6)15)16-12(17)8-4-5-9(20-8)13(18)19/h2-3,8-9H,4-5H2,1H3,(H,16,17)(H,18,19)/t8-,9+/m0/s1. The van der Waals surface area contributed by atoms with Gasteiger partial charge in [-0.25, -0.2) is 13.6 Å². The summed E-state index contributed by atoms with van der Waals surface area (Å²) in [6, 6.07) is 2.30. The highest BCUT2D eigenvalue weighted by Crippen LogP contribution is 2.25. The van der Waals surface area contributed by atoms with Gasteiger partial charge in [-0.1, -0.05) is 6.07 Å². The van der Waals surface area contributed by atoms with Gasteiger partial charge in [-0.2, -0.15) is 0 Å². The molecule has 0 aliphatic carbocycles. The van der Waals surface area contributed by atoms with E-state index in [1.807, 2.05) is 0 Å². The van der Waals surface area contributed by atoms with E-state index in [9.17, 15) is 18.4 Å². The van der Waals surface area contributed by atoms with Crippen LogP contribution in [-0.4, -0.2) is 29.2 Å². The molecule has 2 N–H and O–H groups in total. The van der Waals surface area contributed by atoms with Crippen molar-refractivity contribution in [2.45, 2.75) is 32.0 Å². The molecule has 1 heterocycles. The summed E-state index contributed by atoms with van der Waals surface area (Å²) in [5.74, 6) is -3.66. The van der Waals surface area contributed by atoms with Crippen molar-refractivity contribution in [2.24, 2.45) is 0 Å². The Kier molecular flexibility index (Phi) is 3.99. The third-order valence-corrected chi connectivity index (χ3v) is 3.12. The van der Waals surface area contributed by atoms with E-state index in [0.29, 0.717) is 0 Å². The Hall–Kier alpha value is -2.02. The van der Waals surface area contributed by atoms with Crippen molar-refractivity contribution in [1.29, 1.82) is 0 Å². The molecule has 108 valence electrons. The zero-order chi connectivity index (χ0) is 14.9. The van der Waals surface area contributed by atoms with Crippen LogP contribution in [0.3, 0.4) is 0 Å². The number of aliphatic carboxylic acids is 1. The van der Waals surface area contributed by atoms with Crippen LogP contribution in [0.2, 0.25) is 0 Å². The van der Waals surface area contributed by atoms with E-state index in [1.54, 1.807) is 0 Å². The minimum Gasteiger partial charge on any atom is -0.479 e. The summed E-state index contributed by atoms with van der Waals surface area (Å²) in [5, 5.41) is 10.9. The largest absolute Gasteiger partial charge is 0.479 e. The van der Waals surface area contributed by atoms with Gasteiger partial charge in [0.25, 0.3) is 5.91 Å². The number of carbonyl (C=O) groups is 2. The van der Waals surface area contributed by atoms with Crippen molar-refractivity contribution in [1.82, 2.24) is 0 Å². The van der Waals surface area contributed by atoms with Gasteiger partial charge in [0.05, 0.1) is 0 Å². The quantitative estimate of drug-likeness (QED) is 0.888. The molecule has 7 heteroatoms. The Bertz CT molecular complexity index is 562. The fourth-order valence-electron chi connectivity index (χ4n) is 1.99. The Morgan fingerprint density at radius 1 is 1.30 bits per heavy atom. The summed E-state index contributed by atoms with van der Waals surface area (Å²) in [5.41, 5.74) is -0.352. The highest BCUT2D eigenvalue weighted by Gasteiger charge is 2.35. The average molecular weight is 285 g/mol. The first kappa shape index (κ1) is 14.4. The second-order valence-corrected chi connectivity index (χ2v) is 4.57. The number of amides is 1. The second kappa shape index (κ2) is 5.54. The van der Waals surface area contributed by atoms with Crippen LogP contribution in [0.15, 0.2) is 12.1 Å². The molecule has 2 atom stereocenters. The maximum absolute atomic E-state index is 13.7. The number of benzene rings is 1. The molecule has 1 amide bonds. The fraction of sp³-hybridized carbons (Fsp3) is 0.385. The molecule has 1 saturated heterocycles. The van der Waals surface area contributed by atoms with Crippen LogP contribution in [0.1, 0.15) is 18.4 Å². The topological polar surface area (TPSA) is 75.6 Å². The van der Waals surface area contributed by atoms with E-state index < -0.39 is 41.4 Å². The lowest BCUT2D eigenvalue weighted by Crippen LogP contribution is -2.30. The first-order chi connectivity index (χ1) is 9.40. The summed E-state index contributed by atoms with van der Waals surface area (Å²) in [6.45, 7) is 1.44. The Balaban J connectivity index is 2.10. The molecule has 1 aliphatic rings. The van der Waals surface area contributed by atoms with Crippen molar-refractivity contribution >= 4 is 17.6 Å². The summed E-state index contributed by atoms with van der Waals surface area (Å²) in [7, 11) is 0. The molecule has 0 radical (unpaired) electrons. The van der Waals surface area contributed by atoms with E-state index in [0.717, 1.165) is 6.07 Å². The number of rotatable bonds is 3. The van der Waals surface area contributed by atoms with E-state index in [-0.39, 0.29) is 18.4 Å². The van der Waals surface area contributed by atoms with Gasteiger partial charge in [-0.05, 0) is 31.4 Å². The number of halogens is 2. The van der Waals surface area contributed by atoms with Crippen molar-refractivity contribution < 1.29 is 28.2 Å². The van der Waals surface area contributed by atoms with Crippen LogP contribution >= 0.6 is 0 Å². The fourth-order valence-corrected chi connectivity index (χ4v) is 1.99. The zero-order valence-electron chi connectivity index (χ0n) is 10.7. The lowest BCUT2D eigenvalue weighted by molar-refractivity contribution is -0.150. The molecule has 1 aromatic rings. The number of carbonyl (C=O) groups excluding carboxylic acids is 1. The van der Waals surface area contributed by atoms with Gasteiger partial charge >= 0.3 is 5.97 Å². The number of anilines is 1. The predicted octanol–water partition coefficient (Wildman–Crippen LogP) is 1.84. The number of nitrogens with one attached hydrogen (secondary N) is 1. The molecule has 0 unspecified atom stereocenters. The molecule has 0 bridgehead atoms. The Morgan fingerprint density at radius 3 is 2.55 bits per heavy atom. The first-order valence-corrected chi connectivity index (χ1v) is 6.04. The van der Waals surface area contributed by atoms with Crippen LogP contribution in [0.4, 0.5) is 14.5 Å². The van der Waals surface area contributed by atoms with Crippen molar-refractivity contribution in [3.05, 3.63) is 29.3 Å². The number of aryl methyl sites for hydroxylation is 1. The van der Waals surface area contributed by atoms with E-state index in [2.05, 4.69) is 5.32 Å². The molecule has 0 aromatic heterocycles. The van der Waals surface area contributed by atoms with Crippen LogP contribution in [0.5, 0.6) is 0 Å². The highest BCUT2D eigenvalue weighted by molar-refractivity contribution is 5.95. The van der Waals surface area contributed by atoms with Gasteiger partial charge in [0, 0.05) is 0 Å². The number of carboxylic acid groups (broad SMARTS) is 1. The molecule has 2 rings (SSSR count). The van der Waals surface area contributed by atoms with Crippen LogP contribution in [-0.2, 0) is 14.3 Å². The van der Waals surface area contributed by atoms with Gasteiger partial charge in [0.1, 0.15) is 17.6 Å². The van der Waals surface area contributed by atoms with Crippen molar-refractivity contribution in [3.63, 3.8) is 0 Å². The molecule has 1 aliphatic heterocycles. The SMILES string of the molecule is Cc1ccc(F)c(NC(=O)[C@@H]2CC[C@H](C(=O)O)O2)c1F. The Labute approximate surface area is 113 Å². The maximum Gasteiger partial charge on any atom is 0.332 e. The smallest absolute Gasteiger partial charge is 0.332 e. The lowest BCUT2D eigenvalue weighted by Gasteiger charge is -2.13. The minimum atomic E-state index is -1.16. The Morgan fingerprint density at radius 2 is 1.95 bits per heavy atom. The molecule has 5 nitrogen and oxygen atoms in total. The van der Waals surface area contributed by atoms with Crippen LogP contribution < -0.4 is 5.32 Å². The molecule has 1 aromatic carbocycles. The molecule has 0 spiro atoms. The van der Waals surface area contributed by atoms with E-state index in [4.69, 9.17) is 9.84 Å². The molecule has 20 heavy (non-hydrogen) atoms. The molecule has 0 saturated carbocycles. The van der Waals surface area contributed by atoms with Crippen LogP contribution in [0.25, 0.3) is 0 Å². The second-order valence-electron chi connectivity index (χ2n) is 4.57. The number of carboxylic acids is 1. The number of ether oxygens (including phenoxy) is 1. The van der Waals surface area contributed by atoms with Gasteiger partial charge in [0.15, 0.2) is 11.9 Å². The van der Waals surface area contributed by atoms with Crippen molar-refractivity contribution in [3.8, 4) is 0 Å². The summed E-state index contributed by atoms with van der Waals surface area (Å²) >= 11 is 0. The average Bonchev–Trinajstić information content (AvgIpc) is 2.89. The van der Waals surface area contributed by atoms with Crippen LogP contribution in [0, 0.1) is 18.6 Å². The minimum absolute atomic E-state index is 0.187. The van der Waals surface area contributed by atoms with Gasteiger partial charge in [0.2, 0.25) is 0 Å². The molecule has 1 fully saturated rings. The summed E-state index contributed by atoms with van der Waals surface area (Å²) in [4.78, 5) is 22.5. The number of hydrogen-bond acceptors (Lipinski definition) is 3. The summed E-state index contributed by atoms with van der Waals surface area (Å²) in [6.07, 6.45) is -1.70. The first-order valence-electron chi connectivity index (χ1n) is 6.04. The monoisotopic (exact) mass is 285 g/mol. The predicted molar refractivity (Wildman–Crippen MR) is 65.3 cm³/mol. The molecular formula is C13H13F2NO4.